The number of nitrogens with one attached hydrogen (secondary N) is 1. The third kappa shape index (κ3) is 5.92. The monoisotopic (exact) mass is 204 g/mol. The Hall–Kier alpha value is -1.28. The standard InChI is InChI=1S/C13H20N2/c1-15(2)12-8-4-7-11-14-13-9-5-3-6-10-13/h3-6,8-10,14H,7,11-12H2,1-2H3. The van der Waals surface area contributed by atoms with Gasteiger partial charge in [0.05, 0.1) is 0 Å². The van der Waals surface area contributed by atoms with E-state index in [1.54, 1.807) is 0 Å². The molecule has 15 heavy (non-hydrogen) atoms. The highest BCUT2D eigenvalue weighted by molar-refractivity contribution is 5.42. The highest BCUT2D eigenvalue weighted by atomic mass is 15.0. The summed E-state index contributed by atoms with van der Waals surface area (Å²) in [6.45, 7) is 2.01. The Morgan fingerprint density at radius 3 is 2.53 bits per heavy atom. The number of anilines is 1. The summed E-state index contributed by atoms with van der Waals surface area (Å²) in [7, 11) is 4.15. The van der Waals surface area contributed by atoms with Crippen molar-refractivity contribution in [3.63, 3.8) is 0 Å². The average Bonchev–Trinajstić information content (AvgIpc) is 2.24. The molecule has 0 spiro atoms. The Morgan fingerprint density at radius 2 is 1.87 bits per heavy atom. The Morgan fingerprint density at radius 1 is 1.13 bits per heavy atom. The van der Waals surface area contributed by atoms with Gasteiger partial charge in [0.15, 0.2) is 0 Å². The van der Waals surface area contributed by atoms with Crippen molar-refractivity contribution in [3.8, 4) is 0 Å². The van der Waals surface area contributed by atoms with Crippen molar-refractivity contribution in [1.29, 1.82) is 0 Å². The fourth-order valence-corrected chi connectivity index (χ4v) is 1.26. The van der Waals surface area contributed by atoms with Crippen LogP contribution < -0.4 is 5.32 Å². The lowest BCUT2D eigenvalue weighted by Gasteiger charge is -2.05. The van der Waals surface area contributed by atoms with Crippen LogP contribution in [0, 0.1) is 0 Å². The Labute approximate surface area is 92.6 Å². The number of para-hydroxylation sites is 1. The number of nitrogens with zero attached hydrogens (tertiary/aromatic N) is 1. The van der Waals surface area contributed by atoms with Gasteiger partial charge in [-0.1, -0.05) is 30.4 Å². The molecule has 0 saturated heterocycles. The first kappa shape index (κ1) is 11.8. The number of likely N-dealkylation sites (N-methyl/N-ethyl adjacent to an activating group) is 1. The van der Waals surface area contributed by atoms with E-state index in [0.29, 0.717) is 0 Å². The highest BCUT2D eigenvalue weighted by Gasteiger charge is 1.87. The second kappa shape index (κ2) is 7.07. The summed E-state index contributed by atoms with van der Waals surface area (Å²) in [5.41, 5.74) is 1.19. The zero-order chi connectivity index (χ0) is 10.9. The van der Waals surface area contributed by atoms with Gasteiger partial charge in [-0.15, -0.1) is 0 Å². The Kier molecular flexibility index (Phi) is 5.56. The number of benzene rings is 1. The normalized spacial score (nSPS) is 11.1. The van der Waals surface area contributed by atoms with E-state index in [1.165, 1.54) is 5.69 Å². The summed E-state index contributed by atoms with van der Waals surface area (Å²) >= 11 is 0. The van der Waals surface area contributed by atoms with Gasteiger partial charge in [0.1, 0.15) is 0 Å². The molecule has 1 aromatic carbocycles. The van der Waals surface area contributed by atoms with E-state index in [0.717, 1.165) is 19.5 Å². The predicted octanol–water partition coefficient (Wildman–Crippen LogP) is 2.61. The van der Waals surface area contributed by atoms with Crippen LogP contribution >= 0.6 is 0 Å². The molecule has 0 fully saturated rings. The van der Waals surface area contributed by atoms with Crippen molar-refractivity contribution >= 4 is 5.69 Å². The first-order chi connectivity index (χ1) is 7.29. The van der Waals surface area contributed by atoms with Crippen LogP contribution in [-0.4, -0.2) is 32.1 Å². The van der Waals surface area contributed by atoms with Crippen molar-refractivity contribution in [2.45, 2.75) is 6.42 Å². The van der Waals surface area contributed by atoms with Crippen molar-refractivity contribution < 1.29 is 0 Å². The van der Waals surface area contributed by atoms with E-state index < -0.39 is 0 Å². The lowest BCUT2D eigenvalue weighted by atomic mass is 10.3. The summed E-state index contributed by atoms with van der Waals surface area (Å²) in [5.74, 6) is 0. The molecule has 1 rings (SSSR count). The van der Waals surface area contributed by atoms with Crippen LogP contribution in [0.5, 0.6) is 0 Å². The summed E-state index contributed by atoms with van der Waals surface area (Å²) in [4.78, 5) is 2.15. The zero-order valence-electron chi connectivity index (χ0n) is 9.61. The van der Waals surface area contributed by atoms with Gasteiger partial charge < -0.3 is 10.2 Å². The van der Waals surface area contributed by atoms with Gasteiger partial charge in [-0.25, -0.2) is 0 Å². The first-order valence-corrected chi connectivity index (χ1v) is 5.37. The summed E-state index contributed by atoms with van der Waals surface area (Å²) in [6, 6.07) is 10.3. The van der Waals surface area contributed by atoms with Crippen LogP contribution in [0.2, 0.25) is 0 Å². The van der Waals surface area contributed by atoms with Crippen LogP contribution in [0.15, 0.2) is 42.5 Å². The maximum Gasteiger partial charge on any atom is 0.0340 e. The SMILES string of the molecule is CN(C)CC=CCCNc1ccccc1. The molecule has 0 heterocycles. The zero-order valence-corrected chi connectivity index (χ0v) is 9.61. The minimum Gasteiger partial charge on any atom is -0.385 e. The number of hydrogen-bond donors (Lipinski definition) is 1. The van der Waals surface area contributed by atoms with Gasteiger partial charge in [-0.2, -0.15) is 0 Å². The molecular formula is C13H20N2. The largest absolute Gasteiger partial charge is 0.385 e. The Bertz CT molecular complexity index is 278. The van der Waals surface area contributed by atoms with Gasteiger partial charge in [-0.3, -0.25) is 0 Å². The summed E-state index contributed by atoms with van der Waals surface area (Å²) in [5, 5.41) is 3.37. The molecule has 0 aliphatic heterocycles. The van der Waals surface area contributed by atoms with Crippen molar-refractivity contribution in [2.24, 2.45) is 0 Å². The molecule has 0 unspecified atom stereocenters. The van der Waals surface area contributed by atoms with E-state index in [2.05, 4.69) is 48.6 Å². The third-order valence-electron chi connectivity index (χ3n) is 2.05. The predicted molar refractivity (Wildman–Crippen MR) is 67.2 cm³/mol. The minimum absolute atomic E-state index is 0.994. The smallest absolute Gasteiger partial charge is 0.0340 e. The lowest BCUT2D eigenvalue weighted by molar-refractivity contribution is 0.456. The molecule has 1 aromatic rings. The van der Waals surface area contributed by atoms with Crippen molar-refractivity contribution in [2.75, 3.05) is 32.5 Å². The topological polar surface area (TPSA) is 15.3 Å². The minimum atomic E-state index is 0.994. The second-order valence-corrected chi connectivity index (χ2v) is 3.82. The molecule has 2 heteroatoms. The molecule has 82 valence electrons. The summed E-state index contributed by atoms with van der Waals surface area (Å²) < 4.78 is 0. The van der Waals surface area contributed by atoms with E-state index in [-0.39, 0.29) is 0 Å². The van der Waals surface area contributed by atoms with Gasteiger partial charge in [0, 0.05) is 18.8 Å². The fourth-order valence-electron chi connectivity index (χ4n) is 1.26. The van der Waals surface area contributed by atoms with Gasteiger partial charge in [0.25, 0.3) is 0 Å². The van der Waals surface area contributed by atoms with Crippen LogP contribution in [0.4, 0.5) is 5.69 Å². The Balaban J connectivity index is 2.10. The van der Waals surface area contributed by atoms with Crippen LogP contribution in [0.25, 0.3) is 0 Å². The van der Waals surface area contributed by atoms with E-state index >= 15 is 0 Å². The second-order valence-electron chi connectivity index (χ2n) is 3.82. The van der Waals surface area contributed by atoms with Gasteiger partial charge in [0.2, 0.25) is 0 Å². The van der Waals surface area contributed by atoms with Crippen LogP contribution in [-0.2, 0) is 0 Å². The van der Waals surface area contributed by atoms with Gasteiger partial charge >= 0.3 is 0 Å². The molecule has 0 saturated carbocycles. The molecule has 2 nitrogen and oxygen atoms in total. The maximum atomic E-state index is 3.37. The molecule has 0 bridgehead atoms. The van der Waals surface area contributed by atoms with Crippen molar-refractivity contribution in [3.05, 3.63) is 42.5 Å². The van der Waals surface area contributed by atoms with Crippen LogP contribution in [0.3, 0.4) is 0 Å². The molecule has 0 aliphatic rings. The highest BCUT2D eigenvalue weighted by Crippen LogP contribution is 2.04. The van der Waals surface area contributed by atoms with E-state index in [9.17, 15) is 0 Å². The first-order valence-electron chi connectivity index (χ1n) is 5.37. The molecule has 0 aliphatic carbocycles. The maximum absolute atomic E-state index is 3.37. The van der Waals surface area contributed by atoms with Gasteiger partial charge in [-0.05, 0) is 32.6 Å². The molecule has 0 aromatic heterocycles. The fraction of sp³-hybridized carbons (Fsp3) is 0.385. The van der Waals surface area contributed by atoms with E-state index in [1.807, 2.05) is 18.2 Å². The molecular weight excluding hydrogens is 184 g/mol. The van der Waals surface area contributed by atoms with Crippen molar-refractivity contribution in [1.82, 2.24) is 4.90 Å². The number of rotatable bonds is 6. The number of hydrogen-bond acceptors (Lipinski definition) is 2. The van der Waals surface area contributed by atoms with E-state index in [4.69, 9.17) is 0 Å². The molecule has 1 N–H and O–H groups in total. The quantitative estimate of drug-likeness (QED) is 0.566. The lowest BCUT2D eigenvalue weighted by Crippen LogP contribution is -2.10. The molecule has 0 radical (unpaired) electrons. The molecule has 0 atom stereocenters. The third-order valence-corrected chi connectivity index (χ3v) is 2.05. The average molecular weight is 204 g/mol. The molecule has 0 amide bonds. The summed E-state index contributed by atoms with van der Waals surface area (Å²) in [6.07, 6.45) is 5.49. The van der Waals surface area contributed by atoms with Crippen LogP contribution in [0.1, 0.15) is 6.42 Å².